The third kappa shape index (κ3) is 5.50. The number of nitrogens with zero attached hydrogens (tertiary/aromatic N) is 1. The molecule has 0 amide bonds. The highest BCUT2D eigenvalue weighted by molar-refractivity contribution is 7.07. The van der Waals surface area contributed by atoms with E-state index in [0.29, 0.717) is 13.2 Å². The van der Waals surface area contributed by atoms with Crippen LogP contribution in [-0.4, -0.2) is 19.6 Å². The Morgan fingerprint density at radius 1 is 1.09 bits per heavy atom. The van der Waals surface area contributed by atoms with Gasteiger partial charge in [-0.1, -0.05) is 24.3 Å². The molecule has 0 spiro atoms. The number of methoxy groups -OCH3 is 1. The van der Waals surface area contributed by atoms with Crippen molar-refractivity contribution in [2.45, 2.75) is 26.6 Å². The molecule has 4 nitrogen and oxygen atoms in total. The van der Waals surface area contributed by atoms with Gasteiger partial charge in [0.15, 0.2) is 5.96 Å². The van der Waals surface area contributed by atoms with E-state index >= 15 is 0 Å². The van der Waals surface area contributed by atoms with Crippen LogP contribution in [0.25, 0.3) is 0 Å². The SMILES string of the molecule is CCNC(=NCc1ccsc1)NCc1ccc(COC)cc1. The van der Waals surface area contributed by atoms with E-state index in [1.807, 2.05) is 0 Å². The number of hydrogen-bond acceptors (Lipinski definition) is 3. The summed E-state index contributed by atoms with van der Waals surface area (Å²) in [5.41, 5.74) is 3.65. The molecule has 0 saturated heterocycles. The summed E-state index contributed by atoms with van der Waals surface area (Å²) in [6.07, 6.45) is 0. The lowest BCUT2D eigenvalue weighted by Gasteiger charge is -2.11. The van der Waals surface area contributed by atoms with E-state index in [2.05, 4.69) is 63.6 Å². The number of nitrogens with one attached hydrogen (secondary N) is 2. The van der Waals surface area contributed by atoms with Crippen molar-refractivity contribution in [2.24, 2.45) is 4.99 Å². The van der Waals surface area contributed by atoms with Crippen molar-refractivity contribution in [3.8, 4) is 0 Å². The maximum atomic E-state index is 5.12. The first-order chi connectivity index (χ1) is 10.8. The van der Waals surface area contributed by atoms with Gasteiger partial charge in [0.1, 0.15) is 0 Å². The first kappa shape index (κ1) is 16.5. The third-order valence-corrected chi connectivity index (χ3v) is 3.87. The van der Waals surface area contributed by atoms with Gasteiger partial charge in [-0.3, -0.25) is 0 Å². The monoisotopic (exact) mass is 317 g/mol. The molecule has 2 aromatic rings. The van der Waals surface area contributed by atoms with Crippen molar-refractivity contribution in [1.82, 2.24) is 10.6 Å². The highest BCUT2D eigenvalue weighted by atomic mass is 32.1. The fourth-order valence-corrected chi connectivity index (χ4v) is 2.66. The van der Waals surface area contributed by atoms with Crippen LogP contribution >= 0.6 is 11.3 Å². The molecule has 1 aromatic heterocycles. The van der Waals surface area contributed by atoms with Gasteiger partial charge in [0.2, 0.25) is 0 Å². The van der Waals surface area contributed by atoms with Gasteiger partial charge in [-0.2, -0.15) is 11.3 Å². The van der Waals surface area contributed by atoms with Crippen molar-refractivity contribution in [3.63, 3.8) is 0 Å². The average Bonchev–Trinajstić information content (AvgIpc) is 3.05. The van der Waals surface area contributed by atoms with Crippen LogP contribution in [0, 0.1) is 0 Å². The lowest BCUT2D eigenvalue weighted by molar-refractivity contribution is 0.185. The van der Waals surface area contributed by atoms with Crippen LogP contribution < -0.4 is 10.6 Å². The topological polar surface area (TPSA) is 45.7 Å². The summed E-state index contributed by atoms with van der Waals surface area (Å²) < 4.78 is 5.12. The lowest BCUT2D eigenvalue weighted by atomic mass is 10.1. The molecule has 0 aliphatic rings. The Bertz CT molecular complexity index is 564. The van der Waals surface area contributed by atoms with E-state index in [1.54, 1.807) is 18.4 Å². The molecule has 0 saturated carbocycles. The fourth-order valence-electron chi connectivity index (χ4n) is 2.00. The van der Waals surface area contributed by atoms with Gasteiger partial charge in [0, 0.05) is 20.2 Å². The van der Waals surface area contributed by atoms with Crippen molar-refractivity contribution >= 4 is 17.3 Å². The van der Waals surface area contributed by atoms with E-state index in [-0.39, 0.29) is 0 Å². The second kappa shape index (κ2) is 9.23. The molecule has 0 atom stereocenters. The number of hydrogen-bond donors (Lipinski definition) is 2. The van der Waals surface area contributed by atoms with Crippen molar-refractivity contribution < 1.29 is 4.74 Å². The summed E-state index contributed by atoms with van der Waals surface area (Å²) >= 11 is 1.70. The van der Waals surface area contributed by atoms with Gasteiger partial charge >= 0.3 is 0 Å². The Morgan fingerprint density at radius 2 is 1.86 bits per heavy atom. The Labute approximate surface area is 136 Å². The molecule has 2 rings (SSSR count). The quantitative estimate of drug-likeness (QED) is 0.609. The number of benzene rings is 1. The van der Waals surface area contributed by atoms with Gasteiger partial charge in [0.05, 0.1) is 13.2 Å². The third-order valence-electron chi connectivity index (χ3n) is 3.14. The van der Waals surface area contributed by atoms with Gasteiger partial charge < -0.3 is 15.4 Å². The largest absolute Gasteiger partial charge is 0.380 e. The highest BCUT2D eigenvalue weighted by Crippen LogP contribution is 2.07. The maximum Gasteiger partial charge on any atom is 0.191 e. The number of guanidine groups is 1. The maximum absolute atomic E-state index is 5.12. The van der Waals surface area contributed by atoms with Crippen LogP contribution in [-0.2, 0) is 24.4 Å². The molecule has 2 N–H and O–H groups in total. The van der Waals surface area contributed by atoms with Crippen molar-refractivity contribution in [3.05, 3.63) is 57.8 Å². The first-order valence-corrected chi connectivity index (χ1v) is 8.36. The van der Waals surface area contributed by atoms with Crippen LogP contribution in [0.4, 0.5) is 0 Å². The first-order valence-electron chi connectivity index (χ1n) is 7.42. The minimum Gasteiger partial charge on any atom is -0.380 e. The van der Waals surface area contributed by atoms with Crippen molar-refractivity contribution in [2.75, 3.05) is 13.7 Å². The Morgan fingerprint density at radius 3 is 2.50 bits per heavy atom. The summed E-state index contributed by atoms with van der Waals surface area (Å²) in [7, 11) is 1.71. The zero-order valence-electron chi connectivity index (χ0n) is 13.1. The number of aliphatic imine (C=N–C) groups is 1. The number of thiophene rings is 1. The standard InChI is InChI=1S/C17H23N3OS/c1-3-18-17(20-11-16-8-9-22-13-16)19-10-14-4-6-15(7-5-14)12-21-2/h4-9,13H,3,10-12H2,1-2H3,(H2,18,19,20). The molecule has 1 heterocycles. The normalized spacial score (nSPS) is 11.5. The average molecular weight is 317 g/mol. The zero-order chi connectivity index (χ0) is 15.6. The molecule has 0 aliphatic carbocycles. The van der Waals surface area contributed by atoms with E-state index in [0.717, 1.165) is 19.0 Å². The molecular formula is C17H23N3OS. The molecule has 0 bridgehead atoms. The summed E-state index contributed by atoms with van der Waals surface area (Å²) in [6.45, 7) is 5.02. The van der Waals surface area contributed by atoms with Crippen LogP contribution in [0.2, 0.25) is 0 Å². The van der Waals surface area contributed by atoms with Gasteiger partial charge in [-0.05, 0) is 40.4 Å². The number of rotatable bonds is 7. The highest BCUT2D eigenvalue weighted by Gasteiger charge is 1.99. The summed E-state index contributed by atoms with van der Waals surface area (Å²) in [5.74, 6) is 0.842. The van der Waals surface area contributed by atoms with Crippen LogP contribution in [0.3, 0.4) is 0 Å². The molecular weight excluding hydrogens is 294 g/mol. The molecule has 118 valence electrons. The van der Waals surface area contributed by atoms with Gasteiger partial charge in [0.25, 0.3) is 0 Å². The fraction of sp³-hybridized carbons (Fsp3) is 0.353. The van der Waals surface area contributed by atoms with E-state index in [4.69, 9.17) is 4.74 Å². The second-order valence-corrected chi connectivity index (χ2v) is 5.71. The lowest BCUT2D eigenvalue weighted by Crippen LogP contribution is -2.36. The second-order valence-electron chi connectivity index (χ2n) is 4.93. The molecule has 5 heteroatoms. The summed E-state index contributed by atoms with van der Waals surface area (Å²) in [6, 6.07) is 10.5. The van der Waals surface area contributed by atoms with Crippen LogP contribution in [0.1, 0.15) is 23.6 Å². The van der Waals surface area contributed by atoms with E-state index in [9.17, 15) is 0 Å². The van der Waals surface area contributed by atoms with Crippen LogP contribution in [0.5, 0.6) is 0 Å². The molecule has 0 unspecified atom stereocenters. The Kier molecular flexibility index (Phi) is 6.93. The molecule has 22 heavy (non-hydrogen) atoms. The van der Waals surface area contributed by atoms with E-state index in [1.165, 1.54) is 16.7 Å². The zero-order valence-corrected chi connectivity index (χ0v) is 14.0. The Balaban J connectivity index is 1.89. The van der Waals surface area contributed by atoms with Crippen LogP contribution in [0.15, 0.2) is 46.1 Å². The van der Waals surface area contributed by atoms with Gasteiger partial charge in [-0.15, -0.1) is 0 Å². The smallest absolute Gasteiger partial charge is 0.191 e. The van der Waals surface area contributed by atoms with Gasteiger partial charge in [-0.25, -0.2) is 4.99 Å². The predicted molar refractivity (Wildman–Crippen MR) is 93.1 cm³/mol. The molecule has 0 radical (unpaired) electrons. The molecule has 0 fully saturated rings. The summed E-state index contributed by atoms with van der Waals surface area (Å²) in [4.78, 5) is 4.60. The van der Waals surface area contributed by atoms with E-state index < -0.39 is 0 Å². The minimum absolute atomic E-state index is 0.651. The number of ether oxygens (including phenoxy) is 1. The van der Waals surface area contributed by atoms with Crippen molar-refractivity contribution in [1.29, 1.82) is 0 Å². The predicted octanol–water partition coefficient (Wildman–Crippen LogP) is 3.15. The Hall–Kier alpha value is -1.85. The molecule has 0 aliphatic heterocycles. The minimum atomic E-state index is 0.651. The summed E-state index contributed by atoms with van der Waals surface area (Å²) in [5, 5.41) is 10.8. The molecule has 1 aromatic carbocycles.